The number of fused-ring (bicyclic) bond motifs is 10. The van der Waals surface area contributed by atoms with Gasteiger partial charge in [-0.05, 0) is 95.1 Å². The Labute approximate surface area is 460 Å². The number of amides is 2. The highest BCUT2D eigenvalue weighted by molar-refractivity contribution is 7.89. The van der Waals surface area contributed by atoms with Crippen LogP contribution in [0, 0.1) is 0 Å². The SMILES string of the molecule is CS(=O)(=O)NC(=O)CCCCOc1ccc2c(c1)C1(N=c3/c(=C4\C(=O)C(c5ccc6cccc7c6c5NC5(N7)c6ccccc6-c6ccc(OCCCCC(=O)NS(C)(=O)=O)cc65)=C4O)ccc4cccc(c34)N1)c1ccccc1-2. The fraction of sp³-hybridized carbons (Fsp3) is 0.194. The van der Waals surface area contributed by atoms with Gasteiger partial charge < -0.3 is 30.5 Å². The Kier molecular flexibility index (Phi) is 11.9. The number of aliphatic hydroxyl groups is 1. The van der Waals surface area contributed by atoms with Crippen LogP contribution in [0.2, 0.25) is 0 Å². The molecular weight excluding hydrogens is 1050 g/mol. The molecule has 13 rings (SSSR count). The first kappa shape index (κ1) is 50.5. The standard InChI is InChI=1S/C62H52N6O10S2/c1-79(73,74)67-51(69)21-7-9-31-77-37-25-29-41-39-15-3-5-17-45(39)61(47(41)33-37)63-49-19-11-13-35-23-27-43(57(65-61)53(35)49)55-59(71)56(60(55)72)44-28-24-36-14-12-20-50-54(36)58(44)66-62(64-50)46-18-6-4-16-40(46)42-30-26-38(34-48(42)62)78-32-10-8-22-52(70)68-80(2,75)76/h3-6,11-20,23-30,33-34,63-65,71H,7-10,21-22,31-32H2,1-2H3,(H,67,69)(H,68,70)/b56-44-. The molecule has 402 valence electrons. The number of nitrogens with one attached hydrogen (secondary N) is 5. The number of benzene rings is 8. The molecule has 2 aliphatic heterocycles. The number of unbranched alkanes of at least 4 members (excludes halogenated alkanes) is 2. The zero-order chi connectivity index (χ0) is 55.3. The van der Waals surface area contributed by atoms with E-state index < -0.39 is 43.2 Å². The fourth-order valence-electron chi connectivity index (χ4n) is 12.2. The number of ketones is 1. The second-order valence-corrected chi connectivity index (χ2v) is 24.3. The van der Waals surface area contributed by atoms with Crippen molar-refractivity contribution in [2.45, 2.75) is 49.9 Å². The summed E-state index contributed by atoms with van der Waals surface area (Å²) in [5.74, 6) is -0.443. The molecule has 2 amide bonds. The molecule has 5 aliphatic rings. The Morgan fingerprint density at radius 1 is 0.550 bits per heavy atom. The monoisotopic (exact) mass is 1100 g/mol. The van der Waals surface area contributed by atoms with Crippen LogP contribution < -0.4 is 45.4 Å². The van der Waals surface area contributed by atoms with Crippen molar-refractivity contribution in [3.8, 4) is 33.8 Å². The molecule has 0 bridgehead atoms. The number of allylic oxidation sites excluding steroid dienone is 2. The van der Waals surface area contributed by atoms with E-state index in [0.29, 0.717) is 59.0 Å². The summed E-state index contributed by atoms with van der Waals surface area (Å²) in [5, 5.41) is 28.7. The highest BCUT2D eigenvalue weighted by Crippen LogP contribution is 2.56. The van der Waals surface area contributed by atoms with Crippen molar-refractivity contribution in [1.29, 1.82) is 0 Å². The van der Waals surface area contributed by atoms with E-state index in [0.717, 1.165) is 89.9 Å². The van der Waals surface area contributed by atoms with Crippen LogP contribution in [-0.4, -0.2) is 65.3 Å². The lowest BCUT2D eigenvalue weighted by atomic mass is 9.79. The Morgan fingerprint density at radius 2 is 1.09 bits per heavy atom. The van der Waals surface area contributed by atoms with E-state index in [1.807, 2.05) is 137 Å². The lowest BCUT2D eigenvalue weighted by Gasteiger charge is -2.41. The fourth-order valence-corrected chi connectivity index (χ4v) is 13.2. The smallest absolute Gasteiger partial charge is 0.233 e. The lowest BCUT2D eigenvalue weighted by Crippen LogP contribution is -2.45. The first-order valence-corrected chi connectivity index (χ1v) is 30.1. The molecule has 8 aromatic rings. The molecule has 2 unspecified atom stereocenters. The summed E-state index contributed by atoms with van der Waals surface area (Å²) < 4.78 is 62.6. The highest BCUT2D eigenvalue weighted by Gasteiger charge is 2.49. The molecule has 2 heterocycles. The van der Waals surface area contributed by atoms with Crippen LogP contribution in [0.1, 0.15) is 66.3 Å². The molecule has 0 saturated heterocycles. The summed E-state index contributed by atoms with van der Waals surface area (Å²) in [6.45, 7) is 0.571. The quantitative estimate of drug-likeness (QED) is 0.0529. The second-order valence-electron chi connectivity index (χ2n) is 20.8. The summed E-state index contributed by atoms with van der Waals surface area (Å²) >= 11 is 0. The Morgan fingerprint density at radius 3 is 1.73 bits per heavy atom. The highest BCUT2D eigenvalue weighted by atomic mass is 32.2. The van der Waals surface area contributed by atoms with Gasteiger partial charge in [0.15, 0.2) is 11.3 Å². The average Bonchev–Trinajstić information content (AvgIpc) is 4.06. The van der Waals surface area contributed by atoms with Crippen LogP contribution in [0.4, 0.5) is 17.1 Å². The van der Waals surface area contributed by atoms with Gasteiger partial charge >= 0.3 is 0 Å². The Bertz CT molecular complexity index is 4470. The molecule has 2 spiro atoms. The van der Waals surface area contributed by atoms with Gasteiger partial charge in [0.2, 0.25) is 37.6 Å². The van der Waals surface area contributed by atoms with Gasteiger partial charge in [0.25, 0.3) is 0 Å². The summed E-state index contributed by atoms with van der Waals surface area (Å²) in [4.78, 5) is 45.2. The van der Waals surface area contributed by atoms with Gasteiger partial charge in [-0.2, -0.15) is 0 Å². The van der Waals surface area contributed by atoms with Crippen molar-refractivity contribution in [1.82, 2.24) is 9.44 Å². The van der Waals surface area contributed by atoms with Gasteiger partial charge in [-0.3, -0.25) is 23.8 Å². The minimum absolute atomic E-state index is 0.0395. The number of aliphatic hydroxyl groups excluding tert-OH is 1. The molecular formula is C62H52N6O10S2. The van der Waals surface area contributed by atoms with E-state index in [9.17, 15) is 31.5 Å². The Hall–Kier alpha value is -9.00. The number of carbonyl (C=O) groups excluding carboxylic acids is 3. The normalized spacial score (nSPS) is 18.5. The van der Waals surface area contributed by atoms with E-state index in [2.05, 4.69) is 34.1 Å². The zero-order valence-corrected chi connectivity index (χ0v) is 45.0. The first-order valence-electron chi connectivity index (χ1n) is 26.3. The van der Waals surface area contributed by atoms with E-state index in [1.54, 1.807) is 0 Å². The van der Waals surface area contributed by atoms with Crippen molar-refractivity contribution in [3.05, 3.63) is 190 Å². The van der Waals surface area contributed by atoms with Crippen molar-refractivity contribution in [2.75, 3.05) is 41.7 Å². The zero-order valence-electron chi connectivity index (χ0n) is 43.4. The first-order chi connectivity index (χ1) is 38.5. The molecule has 16 nitrogen and oxygen atoms in total. The van der Waals surface area contributed by atoms with Crippen LogP contribution >= 0.6 is 0 Å². The predicted molar refractivity (Wildman–Crippen MR) is 307 cm³/mol. The topological polar surface area (TPSA) is 231 Å². The van der Waals surface area contributed by atoms with Crippen molar-refractivity contribution in [2.24, 2.45) is 4.99 Å². The maximum atomic E-state index is 15.3. The number of nitrogens with zero attached hydrogens (tertiary/aromatic N) is 1. The number of Topliss-reactive ketones (excluding diaryl/α,β-unsaturated/α-hetero) is 1. The number of ether oxygens (including phenoxy) is 2. The van der Waals surface area contributed by atoms with Gasteiger partial charge in [-0.1, -0.05) is 109 Å². The molecule has 0 saturated carbocycles. The van der Waals surface area contributed by atoms with E-state index in [1.165, 1.54) is 0 Å². The summed E-state index contributed by atoms with van der Waals surface area (Å²) in [6.07, 6.45) is 3.85. The van der Waals surface area contributed by atoms with Crippen LogP contribution in [0.15, 0.2) is 156 Å². The second kappa shape index (κ2) is 18.8. The predicted octanol–water partition coefficient (Wildman–Crippen LogP) is 8.59. The molecule has 2 atom stereocenters. The number of sulfonamides is 2. The molecule has 6 N–H and O–H groups in total. The minimum Gasteiger partial charge on any atom is -0.506 e. The molecule has 80 heavy (non-hydrogen) atoms. The maximum Gasteiger partial charge on any atom is 0.233 e. The van der Waals surface area contributed by atoms with Crippen LogP contribution in [-0.2, 0) is 45.8 Å². The number of hydrogen-bond acceptors (Lipinski definition) is 14. The van der Waals surface area contributed by atoms with Crippen molar-refractivity contribution in [3.63, 3.8) is 0 Å². The van der Waals surface area contributed by atoms with Crippen LogP contribution in [0.3, 0.4) is 0 Å². The number of hydrogen-bond donors (Lipinski definition) is 6. The van der Waals surface area contributed by atoms with Gasteiger partial charge in [-0.25, -0.2) is 21.8 Å². The van der Waals surface area contributed by atoms with Gasteiger partial charge in [0, 0.05) is 68.0 Å². The summed E-state index contributed by atoms with van der Waals surface area (Å²) in [7, 11) is -7.29. The molecule has 0 aromatic heterocycles. The molecule has 18 heteroatoms. The third-order valence-corrected chi connectivity index (χ3v) is 16.7. The van der Waals surface area contributed by atoms with E-state index in [-0.39, 0.29) is 48.7 Å². The average molecular weight is 1110 g/mol. The maximum absolute atomic E-state index is 15.3. The van der Waals surface area contributed by atoms with Crippen molar-refractivity contribution < 1.29 is 45.8 Å². The summed E-state index contributed by atoms with van der Waals surface area (Å²) in [5.41, 5.74) is 8.35. The number of anilines is 3. The summed E-state index contributed by atoms with van der Waals surface area (Å²) in [6, 6.07) is 47.6. The largest absolute Gasteiger partial charge is 0.506 e. The third-order valence-electron chi connectivity index (χ3n) is 15.5. The van der Waals surface area contributed by atoms with Gasteiger partial charge in [-0.15, -0.1) is 0 Å². The lowest BCUT2D eigenvalue weighted by molar-refractivity contribution is -0.120. The molecule has 8 aromatic carbocycles. The number of rotatable bonds is 15. The molecule has 0 fully saturated rings. The third kappa shape index (κ3) is 8.39. The van der Waals surface area contributed by atoms with Crippen LogP contribution in [0.5, 0.6) is 11.5 Å². The molecule has 3 aliphatic carbocycles. The van der Waals surface area contributed by atoms with Gasteiger partial charge in [0.1, 0.15) is 17.3 Å². The van der Waals surface area contributed by atoms with Crippen LogP contribution in [0.25, 0.3) is 54.9 Å². The number of carbonyl (C=O) groups is 3. The Balaban J connectivity index is 0.883. The molecule has 0 radical (unpaired) electrons. The van der Waals surface area contributed by atoms with E-state index >= 15 is 4.79 Å². The van der Waals surface area contributed by atoms with Crippen molar-refractivity contribution >= 4 is 87.4 Å². The minimum atomic E-state index is -3.64. The van der Waals surface area contributed by atoms with E-state index in [4.69, 9.17) is 14.5 Å². The van der Waals surface area contributed by atoms with Gasteiger partial charge in [0.05, 0.1) is 47.9 Å².